The molecule has 4 aromatic rings. The number of fused-ring (bicyclic) bond motifs is 2. The molecule has 0 saturated carbocycles. The van der Waals surface area contributed by atoms with E-state index in [0.29, 0.717) is 0 Å². The van der Waals surface area contributed by atoms with E-state index in [0.717, 1.165) is 0 Å². The summed E-state index contributed by atoms with van der Waals surface area (Å²) in [5.41, 5.74) is 12.5. The van der Waals surface area contributed by atoms with Gasteiger partial charge in [0.1, 0.15) is 48.7 Å². The highest BCUT2D eigenvalue weighted by atomic mass is 16.6. The van der Waals surface area contributed by atoms with Crippen molar-refractivity contribution < 1.29 is 39.8 Å². The first-order valence-electron chi connectivity index (χ1n) is 12.5. The summed E-state index contributed by atoms with van der Waals surface area (Å²) in [7, 11) is 0. The second kappa shape index (κ2) is 10.7. The molecule has 2 unspecified atom stereocenters. The van der Waals surface area contributed by atoms with Crippen LogP contribution in [0.15, 0.2) is 19.0 Å². The molecule has 0 bridgehead atoms. The van der Waals surface area contributed by atoms with Crippen molar-refractivity contribution in [3.8, 4) is 11.8 Å². The minimum absolute atomic E-state index is 0.0159. The maximum absolute atomic E-state index is 12.8. The number of nitrogen functional groups attached to an aromatic ring is 2. The monoisotopic (exact) mass is 583 g/mol. The number of amides is 1. The van der Waals surface area contributed by atoms with Crippen molar-refractivity contribution in [1.82, 2.24) is 44.4 Å². The number of hydrogen-bond acceptors (Lipinski definition) is 16. The third-order valence-corrected chi connectivity index (χ3v) is 6.99. The molecule has 0 aliphatic carbocycles. The zero-order valence-electron chi connectivity index (χ0n) is 21.5. The van der Waals surface area contributed by atoms with Gasteiger partial charge >= 0.3 is 0 Å². The lowest BCUT2D eigenvalue weighted by Crippen LogP contribution is -2.42. The van der Waals surface area contributed by atoms with E-state index in [1.165, 1.54) is 28.1 Å². The Morgan fingerprint density at radius 3 is 2.31 bits per heavy atom. The Hall–Kier alpha value is -4.55. The molecule has 8 atom stereocenters. The van der Waals surface area contributed by atoms with Gasteiger partial charge in [-0.15, -0.1) is 0 Å². The Morgan fingerprint density at radius 2 is 1.60 bits per heavy atom. The van der Waals surface area contributed by atoms with E-state index < -0.39 is 61.6 Å². The number of aromatic nitrogens is 8. The number of carbonyl (C=O) groups excluding carboxylic acids is 1. The van der Waals surface area contributed by atoms with Gasteiger partial charge in [0.2, 0.25) is 0 Å². The highest BCUT2D eigenvalue weighted by Crippen LogP contribution is 2.34. The second-order valence-corrected chi connectivity index (χ2v) is 9.50. The summed E-state index contributed by atoms with van der Waals surface area (Å²) >= 11 is 0. The van der Waals surface area contributed by atoms with Gasteiger partial charge in [-0.1, -0.05) is 5.92 Å². The summed E-state index contributed by atoms with van der Waals surface area (Å²) in [6.45, 7) is -0.792. The van der Waals surface area contributed by atoms with Crippen LogP contribution in [0.5, 0.6) is 0 Å². The zero-order valence-corrected chi connectivity index (χ0v) is 21.5. The van der Waals surface area contributed by atoms with E-state index in [4.69, 9.17) is 20.9 Å². The average Bonchev–Trinajstić information content (AvgIpc) is 3.72. The van der Waals surface area contributed by atoms with Gasteiger partial charge in [0.15, 0.2) is 52.8 Å². The summed E-state index contributed by atoms with van der Waals surface area (Å²) in [6, 6.07) is 0. The fourth-order valence-electron chi connectivity index (χ4n) is 4.87. The highest BCUT2D eigenvalue weighted by Gasteiger charge is 2.48. The third kappa shape index (κ3) is 4.43. The summed E-state index contributed by atoms with van der Waals surface area (Å²) in [6.07, 6.45) is -7.16. The minimum atomic E-state index is -1.59. The first kappa shape index (κ1) is 27.6. The van der Waals surface area contributed by atoms with Gasteiger partial charge in [-0.05, 0) is 5.92 Å². The van der Waals surface area contributed by atoms with Crippen LogP contribution in [0.2, 0.25) is 0 Å². The fourth-order valence-corrected chi connectivity index (χ4v) is 4.87. The molecule has 0 radical (unpaired) electrons. The predicted octanol–water partition coefficient (Wildman–Crippen LogP) is -4.47. The number of nitrogens with zero attached hydrogens (tertiary/aromatic N) is 8. The van der Waals surface area contributed by atoms with Crippen LogP contribution in [-0.4, -0.2) is 120 Å². The molecule has 2 fully saturated rings. The highest BCUT2D eigenvalue weighted by molar-refractivity contribution is 5.84. The van der Waals surface area contributed by atoms with Crippen LogP contribution in [0, 0.1) is 11.8 Å². The first-order valence-corrected chi connectivity index (χ1v) is 12.5. The zero-order chi connectivity index (χ0) is 29.7. The number of aliphatic hydroxyl groups is 5. The molecule has 42 heavy (non-hydrogen) atoms. The molecule has 0 spiro atoms. The summed E-state index contributed by atoms with van der Waals surface area (Å²) in [5, 5.41) is 53.9. The van der Waals surface area contributed by atoms with Gasteiger partial charge in [-0.25, -0.2) is 29.9 Å². The SMILES string of the molecule is Nc1ncnc2c1ncn2[C@@H]1O[C@H](C(=O)NCC#Cc2nc3c(N)ncnc3n2[C@@H]2O[C@H](CO)[C@H](O)C2O)C(O)[C@@H]1O. The van der Waals surface area contributed by atoms with E-state index in [-0.39, 0.29) is 46.3 Å². The fraction of sp³-hybridized carbons (Fsp3) is 0.435. The van der Waals surface area contributed by atoms with Crippen LogP contribution < -0.4 is 16.8 Å². The number of hydrogen-bond donors (Lipinski definition) is 8. The number of imidazole rings is 2. The molecule has 6 heterocycles. The molecule has 4 aromatic heterocycles. The number of carbonyl (C=O) groups is 1. The normalized spacial score (nSPS) is 29.2. The molecule has 6 rings (SSSR count). The number of rotatable bonds is 5. The molecule has 19 heteroatoms. The molecule has 2 aliphatic heterocycles. The van der Waals surface area contributed by atoms with E-state index in [1.54, 1.807) is 0 Å². The van der Waals surface area contributed by atoms with Crippen molar-refractivity contribution in [2.75, 3.05) is 24.6 Å². The van der Waals surface area contributed by atoms with Crippen LogP contribution in [0.4, 0.5) is 11.6 Å². The van der Waals surface area contributed by atoms with Crippen LogP contribution in [0.1, 0.15) is 18.3 Å². The van der Waals surface area contributed by atoms with Crippen molar-refractivity contribution in [3.05, 3.63) is 24.8 Å². The first-order chi connectivity index (χ1) is 20.2. The Morgan fingerprint density at radius 1 is 0.905 bits per heavy atom. The number of nitrogens with two attached hydrogens (primary N) is 2. The van der Waals surface area contributed by atoms with E-state index in [1.807, 2.05) is 0 Å². The topological polar surface area (TPSA) is 288 Å². The Bertz CT molecular complexity index is 1720. The summed E-state index contributed by atoms with van der Waals surface area (Å²) in [5.74, 6) is 4.83. The van der Waals surface area contributed by atoms with Crippen LogP contribution in [0.25, 0.3) is 22.3 Å². The van der Waals surface area contributed by atoms with Crippen LogP contribution in [-0.2, 0) is 14.3 Å². The predicted molar refractivity (Wildman–Crippen MR) is 138 cm³/mol. The molecule has 1 amide bonds. The minimum Gasteiger partial charge on any atom is -0.394 e. The van der Waals surface area contributed by atoms with Gasteiger partial charge in [-0.3, -0.25) is 13.9 Å². The maximum Gasteiger partial charge on any atom is 0.252 e. The van der Waals surface area contributed by atoms with E-state index in [9.17, 15) is 30.3 Å². The number of anilines is 2. The Kier molecular flexibility index (Phi) is 7.03. The summed E-state index contributed by atoms with van der Waals surface area (Å²) in [4.78, 5) is 37.2. The quantitative estimate of drug-likeness (QED) is 0.103. The number of nitrogens with one attached hydrogen (secondary N) is 1. The van der Waals surface area contributed by atoms with Gasteiger partial charge in [0.25, 0.3) is 5.91 Å². The van der Waals surface area contributed by atoms with Gasteiger partial charge in [-0.2, -0.15) is 0 Å². The lowest BCUT2D eigenvalue weighted by Gasteiger charge is -2.17. The van der Waals surface area contributed by atoms with Crippen LogP contribution >= 0.6 is 0 Å². The van der Waals surface area contributed by atoms with E-state index in [2.05, 4.69) is 47.1 Å². The smallest absolute Gasteiger partial charge is 0.252 e. The number of ether oxygens (including phenoxy) is 2. The molecule has 220 valence electrons. The lowest BCUT2D eigenvalue weighted by molar-refractivity contribution is -0.137. The molecular formula is C23H25N11O8. The molecule has 0 aromatic carbocycles. The number of aliphatic hydroxyl groups excluding tert-OH is 5. The lowest BCUT2D eigenvalue weighted by atomic mass is 10.1. The molecular weight excluding hydrogens is 558 g/mol. The van der Waals surface area contributed by atoms with Crippen molar-refractivity contribution in [2.45, 2.75) is 49.1 Å². The van der Waals surface area contributed by atoms with E-state index >= 15 is 0 Å². The average molecular weight is 584 g/mol. The van der Waals surface area contributed by atoms with Gasteiger partial charge in [0.05, 0.1) is 19.5 Å². The third-order valence-electron chi connectivity index (χ3n) is 6.99. The second-order valence-electron chi connectivity index (χ2n) is 9.50. The molecule has 2 aliphatic rings. The maximum atomic E-state index is 12.8. The van der Waals surface area contributed by atoms with Crippen molar-refractivity contribution >= 4 is 39.9 Å². The van der Waals surface area contributed by atoms with Crippen molar-refractivity contribution in [2.24, 2.45) is 0 Å². The van der Waals surface area contributed by atoms with Crippen molar-refractivity contribution in [1.29, 1.82) is 0 Å². The largest absolute Gasteiger partial charge is 0.394 e. The van der Waals surface area contributed by atoms with Crippen LogP contribution in [0.3, 0.4) is 0 Å². The van der Waals surface area contributed by atoms with Gasteiger partial charge < -0.3 is 51.8 Å². The molecule has 19 nitrogen and oxygen atoms in total. The summed E-state index contributed by atoms with van der Waals surface area (Å²) < 4.78 is 13.9. The van der Waals surface area contributed by atoms with Gasteiger partial charge in [0, 0.05) is 0 Å². The molecule has 2 saturated heterocycles. The Labute approximate surface area is 234 Å². The van der Waals surface area contributed by atoms with Crippen molar-refractivity contribution in [3.63, 3.8) is 0 Å². The Balaban J connectivity index is 1.19. The standard InChI is InChI=1S/C23H25N11O8/c24-17-10-19(29-5-27-17)33(7-31-10)22-15(39)13(37)16(42-22)21(40)26-3-1-2-9-32-11-18(25)28-6-30-20(11)34(9)23-14(38)12(36)8(4-35)41-23/h5-8,12-16,22-23,35-39H,3-4H2,(H,26,40)(H2,24,27,29)(H2,25,28,30)/t8-,12+,13?,14?,15+,16+,22-,23-/m1/s1. The molecule has 10 N–H and O–H groups in total.